The summed E-state index contributed by atoms with van der Waals surface area (Å²) in [6, 6.07) is 0. The first-order valence-electron chi connectivity index (χ1n) is 6.75. The summed E-state index contributed by atoms with van der Waals surface area (Å²) in [6.45, 7) is 9.00. The third-order valence-corrected chi connectivity index (χ3v) is 3.35. The summed E-state index contributed by atoms with van der Waals surface area (Å²) in [5.41, 5.74) is 1.05. The van der Waals surface area contributed by atoms with Crippen LogP contribution in [0.2, 0.25) is 0 Å². The van der Waals surface area contributed by atoms with Crippen molar-refractivity contribution in [1.29, 1.82) is 0 Å². The molecule has 0 amide bonds. The van der Waals surface area contributed by atoms with Crippen LogP contribution in [0.3, 0.4) is 0 Å². The quantitative estimate of drug-likeness (QED) is 0.845. The molecule has 0 unspecified atom stereocenters. The van der Waals surface area contributed by atoms with Crippen molar-refractivity contribution in [2.45, 2.75) is 19.9 Å². The Bertz CT molecular complexity index is 343. The fourth-order valence-corrected chi connectivity index (χ4v) is 2.28. The molecule has 1 aromatic rings. The lowest BCUT2D eigenvalue weighted by Crippen LogP contribution is -2.46. The van der Waals surface area contributed by atoms with E-state index in [2.05, 4.69) is 32.0 Å². The van der Waals surface area contributed by atoms with Crippen molar-refractivity contribution in [1.82, 2.24) is 19.8 Å². The molecule has 0 spiro atoms. The second-order valence-electron chi connectivity index (χ2n) is 4.76. The summed E-state index contributed by atoms with van der Waals surface area (Å²) in [6.07, 6.45) is 4.91. The number of nitrogens with one attached hydrogen (secondary N) is 1. The average molecular weight is 249 g/mol. The molecular weight excluding hydrogens is 226 g/mol. The smallest absolute Gasteiger partial charge is 0.144 e. The fraction of sp³-hybridized carbons (Fsp3) is 0.692. The number of nitrogens with zero attached hydrogens (tertiary/aromatic N) is 4. The summed E-state index contributed by atoms with van der Waals surface area (Å²) < 4.78 is 0. The zero-order valence-corrected chi connectivity index (χ0v) is 11.4. The number of piperazine rings is 1. The molecule has 0 bridgehead atoms. The molecule has 0 aromatic carbocycles. The first kappa shape index (κ1) is 13.2. The maximum absolute atomic E-state index is 4.42. The SMILES string of the molecule is CCCN1CCN(Cc2cnc(NC)cn2)CC1. The van der Waals surface area contributed by atoms with Crippen molar-refractivity contribution in [3.63, 3.8) is 0 Å². The molecule has 1 saturated heterocycles. The third-order valence-electron chi connectivity index (χ3n) is 3.35. The van der Waals surface area contributed by atoms with Crippen LogP contribution in [0.25, 0.3) is 0 Å². The average Bonchev–Trinajstić information content (AvgIpc) is 2.42. The van der Waals surface area contributed by atoms with Crippen LogP contribution in [0.5, 0.6) is 0 Å². The highest BCUT2D eigenvalue weighted by molar-refractivity contribution is 5.29. The van der Waals surface area contributed by atoms with Gasteiger partial charge in [0.2, 0.25) is 0 Å². The molecule has 1 aliphatic rings. The summed E-state index contributed by atoms with van der Waals surface area (Å²) in [4.78, 5) is 13.7. The van der Waals surface area contributed by atoms with Crippen LogP contribution in [-0.2, 0) is 6.54 Å². The van der Waals surface area contributed by atoms with Crippen LogP contribution >= 0.6 is 0 Å². The zero-order valence-electron chi connectivity index (χ0n) is 11.4. The van der Waals surface area contributed by atoms with Crippen LogP contribution in [-0.4, -0.2) is 59.5 Å². The van der Waals surface area contributed by atoms with Gasteiger partial charge in [0.15, 0.2) is 0 Å². The van der Waals surface area contributed by atoms with Gasteiger partial charge in [-0.2, -0.15) is 0 Å². The number of anilines is 1. The predicted molar refractivity (Wildman–Crippen MR) is 73.6 cm³/mol. The van der Waals surface area contributed by atoms with Gasteiger partial charge in [-0.1, -0.05) is 6.92 Å². The topological polar surface area (TPSA) is 44.3 Å². The normalized spacial score (nSPS) is 17.9. The molecule has 0 radical (unpaired) electrons. The minimum Gasteiger partial charge on any atom is -0.372 e. The summed E-state index contributed by atoms with van der Waals surface area (Å²) in [5.74, 6) is 0.825. The van der Waals surface area contributed by atoms with Gasteiger partial charge < -0.3 is 10.2 Å². The molecule has 2 heterocycles. The van der Waals surface area contributed by atoms with E-state index in [-0.39, 0.29) is 0 Å². The van der Waals surface area contributed by atoms with E-state index in [1.807, 2.05) is 13.2 Å². The lowest BCUT2D eigenvalue weighted by Gasteiger charge is -2.34. The van der Waals surface area contributed by atoms with E-state index in [0.29, 0.717) is 0 Å². The largest absolute Gasteiger partial charge is 0.372 e. The van der Waals surface area contributed by atoms with Crippen LogP contribution in [0, 0.1) is 0 Å². The maximum atomic E-state index is 4.42. The van der Waals surface area contributed by atoms with E-state index in [9.17, 15) is 0 Å². The van der Waals surface area contributed by atoms with Gasteiger partial charge in [-0.05, 0) is 13.0 Å². The summed E-state index contributed by atoms with van der Waals surface area (Å²) in [7, 11) is 1.86. The molecule has 100 valence electrons. The molecule has 0 saturated carbocycles. The van der Waals surface area contributed by atoms with Gasteiger partial charge in [0.25, 0.3) is 0 Å². The molecule has 5 heteroatoms. The van der Waals surface area contributed by atoms with Crippen molar-refractivity contribution >= 4 is 5.82 Å². The molecule has 0 atom stereocenters. The van der Waals surface area contributed by atoms with Gasteiger partial charge in [0, 0.05) is 39.8 Å². The van der Waals surface area contributed by atoms with Gasteiger partial charge >= 0.3 is 0 Å². The van der Waals surface area contributed by atoms with Crippen LogP contribution in [0.4, 0.5) is 5.82 Å². The Labute approximate surface area is 109 Å². The van der Waals surface area contributed by atoms with Crippen molar-refractivity contribution in [3.8, 4) is 0 Å². The van der Waals surface area contributed by atoms with E-state index in [0.717, 1.165) is 31.1 Å². The maximum Gasteiger partial charge on any atom is 0.144 e. The van der Waals surface area contributed by atoms with Crippen molar-refractivity contribution in [2.24, 2.45) is 0 Å². The molecule has 1 aromatic heterocycles. The van der Waals surface area contributed by atoms with E-state index in [4.69, 9.17) is 0 Å². The minimum atomic E-state index is 0.825. The lowest BCUT2D eigenvalue weighted by molar-refractivity contribution is 0.126. The van der Waals surface area contributed by atoms with E-state index in [1.54, 1.807) is 6.20 Å². The van der Waals surface area contributed by atoms with Gasteiger partial charge in [-0.3, -0.25) is 9.88 Å². The molecule has 1 aliphatic heterocycles. The number of hydrogen-bond acceptors (Lipinski definition) is 5. The highest BCUT2D eigenvalue weighted by Crippen LogP contribution is 2.07. The van der Waals surface area contributed by atoms with E-state index < -0.39 is 0 Å². The molecular formula is C13H23N5. The van der Waals surface area contributed by atoms with Crippen LogP contribution in [0.1, 0.15) is 19.0 Å². The van der Waals surface area contributed by atoms with Crippen molar-refractivity contribution in [3.05, 3.63) is 18.1 Å². The highest BCUT2D eigenvalue weighted by atomic mass is 15.3. The number of rotatable bonds is 5. The fourth-order valence-electron chi connectivity index (χ4n) is 2.28. The summed E-state index contributed by atoms with van der Waals surface area (Å²) in [5, 5.41) is 2.98. The number of hydrogen-bond donors (Lipinski definition) is 1. The van der Waals surface area contributed by atoms with Gasteiger partial charge in [-0.25, -0.2) is 4.98 Å². The Hall–Kier alpha value is -1.20. The second kappa shape index (κ2) is 6.66. The third kappa shape index (κ3) is 3.65. The summed E-state index contributed by atoms with van der Waals surface area (Å²) >= 11 is 0. The van der Waals surface area contributed by atoms with Crippen LogP contribution < -0.4 is 5.32 Å². The Kier molecular flexibility index (Phi) is 4.90. The lowest BCUT2D eigenvalue weighted by atomic mass is 10.3. The number of aromatic nitrogens is 2. The van der Waals surface area contributed by atoms with Gasteiger partial charge in [0.05, 0.1) is 18.1 Å². The zero-order chi connectivity index (χ0) is 12.8. The first-order valence-corrected chi connectivity index (χ1v) is 6.75. The van der Waals surface area contributed by atoms with Crippen molar-refractivity contribution in [2.75, 3.05) is 45.1 Å². The van der Waals surface area contributed by atoms with Gasteiger partial charge in [-0.15, -0.1) is 0 Å². The molecule has 0 aliphatic carbocycles. The molecule has 2 rings (SSSR count). The Balaban J connectivity index is 1.80. The highest BCUT2D eigenvalue weighted by Gasteiger charge is 2.16. The van der Waals surface area contributed by atoms with Crippen molar-refractivity contribution < 1.29 is 0 Å². The Morgan fingerprint density at radius 2 is 1.83 bits per heavy atom. The molecule has 18 heavy (non-hydrogen) atoms. The van der Waals surface area contributed by atoms with Gasteiger partial charge in [0.1, 0.15) is 5.82 Å². The molecule has 5 nitrogen and oxygen atoms in total. The predicted octanol–water partition coefficient (Wildman–Crippen LogP) is 1.05. The van der Waals surface area contributed by atoms with E-state index in [1.165, 1.54) is 26.1 Å². The first-order chi connectivity index (χ1) is 8.81. The van der Waals surface area contributed by atoms with E-state index >= 15 is 0 Å². The van der Waals surface area contributed by atoms with Crippen LogP contribution in [0.15, 0.2) is 12.4 Å². The standard InChI is InChI=1S/C13H23N5/c1-3-4-17-5-7-18(8-6-17)11-12-9-16-13(14-2)10-15-12/h9-10H,3-8,11H2,1-2H3,(H,14,16). The molecule has 1 fully saturated rings. The Morgan fingerprint density at radius 3 is 2.39 bits per heavy atom. The minimum absolute atomic E-state index is 0.825. The second-order valence-corrected chi connectivity index (χ2v) is 4.76. The Morgan fingerprint density at radius 1 is 1.11 bits per heavy atom. The monoisotopic (exact) mass is 249 g/mol. The molecule has 1 N–H and O–H groups in total.